The Balaban J connectivity index is 1.51. The summed E-state index contributed by atoms with van der Waals surface area (Å²) in [5.74, 6) is -0.0819. The van der Waals surface area contributed by atoms with Gasteiger partial charge in [0.2, 0.25) is 0 Å². The number of hydrogen-bond acceptors (Lipinski definition) is 5. The highest BCUT2D eigenvalue weighted by atomic mass is 32.1. The monoisotopic (exact) mass is 350 g/mol. The second kappa shape index (κ2) is 7.31. The van der Waals surface area contributed by atoms with E-state index in [0.29, 0.717) is 39.3 Å². The van der Waals surface area contributed by atoms with Gasteiger partial charge in [-0.1, -0.05) is 19.4 Å². The molecule has 130 valence electrons. The first kappa shape index (κ1) is 16.9. The number of hydrogen-bond donors (Lipinski definition) is 1. The van der Waals surface area contributed by atoms with Crippen LogP contribution in [-0.2, 0) is 4.79 Å². The van der Waals surface area contributed by atoms with Crippen molar-refractivity contribution in [1.29, 1.82) is 0 Å². The molecular formula is C16H22N4O3S. The van der Waals surface area contributed by atoms with Gasteiger partial charge in [-0.3, -0.25) is 14.5 Å². The van der Waals surface area contributed by atoms with Crippen molar-refractivity contribution < 1.29 is 14.4 Å². The number of carbonyl (C=O) groups excluding carboxylic acids is 3. The standard InChI is InChI=1S/C16H22N4O3S/c1-2-4-12-14(21)20(16(23)17-12)11-18-6-8-19(9-7-18)15(22)13-5-3-10-24-13/h3,5,10,12H,2,4,6-9,11H2,1H3,(H,17,23)/t12-/m0/s1. The summed E-state index contributed by atoms with van der Waals surface area (Å²) in [5, 5.41) is 4.63. The van der Waals surface area contributed by atoms with E-state index >= 15 is 0 Å². The largest absolute Gasteiger partial charge is 0.335 e. The molecule has 0 saturated carbocycles. The van der Waals surface area contributed by atoms with E-state index in [9.17, 15) is 14.4 Å². The van der Waals surface area contributed by atoms with Crippen molar-refractivity contribution in [3.05, 3.63) is 22.4 Å². The number of imide groups is 1. The summed E-state index contributed by atoms with van der Waals surface area (Å²) >= 11 is 1.45. The molecule has 2 aliphatic heterocycles. The Morgan fingerprint density at radius 2 is 2.04 bits per heavy atom. The number of piperazine rings is 1. The molecule has 2 saturated heterocycles. The van der Waals surface area contributed by atoms with Gasteiger partial charge in [-0.2, -0.15) is 0 Å². The van der Waals surface area contributed by atoms with Crippen molar-refractivity contribution in [2.75, 3.05) is 32.8 Å². The first-order valence-electron chi connectivity index (χ1n) is 8.27. The number of carbonyl (C=O) groups is 3. The van der Waals surface area contributed by atoms with Crippen molar-refractivity contribution in [3.63, 3.8) is 0 Å². The second-order valence-corrected chi connectivity index (χ2v) is 7.03. The Labute approximate surface area is 145 Å². The van der Waals surface area contributed by atoms with Crippen LogP contribution in [0.3, 0.4) is 0 Å². The van der Waals surface area contributed by atoms with E-state index in [1.807, 2.05) is 34.2 Å². The van der Waals surface area contributed by atoms with Crippen LogP contribution in [-0.4, -0.2) is 71.4 Å². The highest BCUT2D eigenvalue weighted by molar-refractivity contribution is 7.12. The lowest BCUT2D eigenvalue weighted by molar-refractivity contribution is -0.129. The number of urea groups is 1. The van der Waals surface area contributed by atoms with Crippen LogP contribution in [0, 0.1) is 0 Å². The summed E-state index contributed by atoms with van der Waals surface area (Å²) in [7, 11) is 0. The van der Waals surface area contributed by atoms with Crippen LogP contribution in [0.4, 0.5) is 4.79 Å². The summed E-state index contributed by atoms with van der Waals surface area (Å²) in [4.78, 5) is 42.5. The molecule has 3 heterocycles. The molecule has 0 aliphatic carbocycles. The van der Waals surface area contributed by atoms with E-state index in [1.165, 1.54) is 16.2 Å². The van der Waals surface area contributed by atoms with Gasteiger partial charge in [-0.25, -0.2) is 9.69 Å². The number of nitrogens with zero attached hydrogens (tertiary/aromatic N) is 3. The SMILES string of the molecule is CCC[C@@H]1NC(=O)N(CN2CCN(C(=O)c3cccs3)CC2)C1=O. The van der Waals surface area contributed by atoms with Crippen LogP contribution < -0.4 is 5.32 Å². The van der Waals surface area contributed by atoms with E-state index in [4.69, 9.17) is 0 Å². The number of nitrogens with one attached hydrogen (secondary N) is 1. The topological polar surface area (TPSA) is 73.0 Å². The average molecular weight is 350 g/mol. The van der Waals surface area contributed by atoms with Crippen molar-refractivity contribution in [1.82, 2.24) is 20.0 Å². The fourth-order valence-corrected chi connectivity index (χ4v) is 3.73. The van der Waals surface area contributed by atoms with Gasteiger partial charge < -0.3 is 10.2 Å². The van der Waals surface area contributed by atoms with Crippen LogP contribution in [0.5, 0.6) is 0 Å². The van der Waals surface area contributed by atoms with Crippen LogP contribution in [0.25, 0.3) is 0 Å². The lowest BCUT2D eigenvalue weighted by Crippen LogP contribution is -2.52. The molecule has 0 bridgehead atoms. The molecule has 0 spiro atoms. The fraction of sp³-hybridized carbons (Fsp3) is 0.562. The molecule has 4 amide bonds. The summed E-state index contributed by atoms with van der Waals surface area (Å²) < 4.78 is 0. The van der Waals surface area contributed by atoms with Gasteiger partial charge in [0.05, 0.1) is 11.5 Å². The predicted molar refractivity (Wildman–Crippen MR) is 90.7 cm³/mol. The van der Waals surface area contributed by atoms with Gasteiger partial charge in [0.15, 0.2) is 0 Å². The van der Waals surface area contributed by atoms with E-state index in [-0.39, 0.29) is 23.9 Å². The predicted octanol–water partition coefficient (Wildman–Crippen LogP) is 1.18. The maximum atomic E-state index is 12.3. The fourth-order valence-electron chi connectivity index (χ4n) is 3.04. The molecule has 8 heteroatoms. The quantitative estimate of drug-likeness (QED) is 0.810. The highest BCUT2D eigenvalue weighted by Gasteiger charge is 2.38. The van der Waals surface area contributed by atoms with Crippen LogP contribution in [0.15, 0.2) is 17.5 Å². The Hall–Kier alpha value is -1.93. The zero-order valence-electron chi connectivity index (χ0n) is 13.7. The normalized spacial score (nSPS) is 22.1. The molecule has 0 radical (unpaired) electrons. The van der Waals surface area contributed by atoms with Crippen molar-refractivity contribution in [3.8, 4) is 0 Å². The molecule has 7 nitrogen and oxygen atoms in total. The number of rotatable bonds is 5. The Bertz CT molecular complexity index is 611. The Kier molecular flexibility index (Phi) is 5.15. The molecule has 0 aromatic carbocycles. The van der Waals surface area contributed by atoms with Gasteiger partial charge in [0.1, 0.15) is 6.04 Å². The Morgan fingerprint density at radius 1 is 1.29 bits per heavy atom. The third kappa shape index (κ3) is 3.44. The summed E-state index contributed by atoms with van der Waals surface area (Å²) in [6, 6.07) is 3.01. The van der Waals surface area contributed by atoms with E-state index in [0.717, 1.165) is 11.3 Å². The molecule has 1 atom stereocenters. The van der Waals surface area contributed by atoms with Gasteiger partial charge in [0, 0.05) is 26.2 Å². The summed E-state index contributed by atoms with van der Waals surface area (Å²) in [6.45, 7) is 4.83. The molecule has 2 aliphatic rings. The maximum absolute atomic E-state index is 12.3. The summed E-state index contributed by atoms with van der Waals surface area (Å²) in [6.07, 6.45) is 1.53. The molecular weight excluding hydrogens is 328 g/mol. The average Bonchev–Trinajstić information content (AvgIpc) is 3.20. The molecule has 0 unspecified atom stereocenters. The lowest BCUT2D eigenvalue weighted by Gasteiger charge is -2.35. The first-order valence-corrected chi connectivity index (χ1v) is 9.15. The zero-order chi connectivity index (χ0) is 17.1. The van der Waals surface area contributed by atoms with Gasteiger partial charge in [0.25, 0.3) is 11.8 Å². The smallest absolute Gasteiger partial charge is 0.325 e. The third-order valence-electron chi connectivity index (χ3n) is 4.42. The van der Waals surface area contributed by atoms with Crippen LogP contribution >= 0.6 is 11.3 Å². The maximum Gasteiger partial charge on any atom is 0.325 e. The van der Waals surface area contributed by atoms with Crippen molar-refractivity contribution >= 4 is 29.2 Å². The highest BCUT2D eigenvalue weighted by Crippen LogP contribution is 2.16. The van der Waals surface area contributed by atoms with Crippen LogP contribution in [0.1, 0.15) is 29.4 Å². The van der Waals surface area contributed by atoms with Gasteiger partial charge >= 0.3 is 6.03 Å². The van der Waals surface area contributed by atoms with Crippen molar-refractivity contribution in [2.24, 2.45) is 0 Å². The molecule has 1 aromatic rings. The van der Waals surface area contributed by atoms with Crippen molar-refractivity contribution in [2.45, 2.75) is 25.8 Å². The summed E-state index contributed by atoms with van der Waals surface area (Å²) in [5.41, 5.74) is 0. The third-order valence-corrected chi connectivity index (χ3v) is 5.28. The van der Waals surface area contributed by atoms with Crippen LogP contribution in [0.2, 0.25) is 0 Å². The molecule has 24 heavy (non-hydrogen) atoms. The second-order valence-electron chi connectivity index (χ2n) is 6.09. The van der Waals surface area contributed by atoms with E-state index in [1.54, 1.807) is 0 Å². The minimum atomic E-state index is -0.385. The van der Waals surface area contributed by atoms with Gasteiger partial charge in [-0.15, -0.1) is 11.3 Å². The van der Waals surface area contributed by atoms with Gasteiger partial charge in [-0.05, 0) is 17.9 Å². The molecule has 3 rings (SSSR count). The zero-order valence-corrected chi connectivity index (χ0v) is 14.6. The minimum Gasteiger partial charge on any atom is -0.335 e. The van der Waals surface area contributed by atoms with E-state index < -0.39 is 0 Å². The minimum absolute atomic E-state index is 0.0580. The number of thiophene rings is 1. The number of amides is 4. The Morgan fingerprint density at radius 3 is 2.67 bits per heavy atom. The van der Waals surface area contributed by atoms with E-state index in [2.05, 4.69) is 5.32 Å². The molecule has 1 N–H and O–H groups in total. The molecule has 1 aromatic heterocycles. The molecule has 2 fully saturated rings. The lowest BCUT2D eigenvalue weighted by atomic mass is 10.2. The first-order chi connectivity index (χ1) is 11.6.